The van der Waals surface area contributed by atoms with E-state index < -0.39 is 30.6 Å². The number of ether oxygens (including phenoxy) is 1. The van der Waals surface area contributed by atoms with Gasteiger partial charge in [0.2, 0.25) is 0 Å². The summed E-state index contributed by atoms with van der Waals surface area (Å²) in [5, 5.41) is 36.0. The lowest BCUT2D eigenvalue weighted by Crippen LogP contribution is -2.42. The van der Waals surface area contributed by atoms with Crippen LogP contribution in [-0.2, 0) is 4.74 Å². The highest BCUT2D eigenvalue weighted by molar-refractivity contribution is 7.99. The number of aromatic nitrogens is 2. The molecule has 10 heteroatoms. The van der Waals surface area contributed by atoms with E-state index in [9.17, 15) is 15.3 Å². The van der Waals surface area contributed by atoms with Crippen LogP contribution in [0.4, 0.5) is 11.6 Å². The van der Waals surface area contributed by atoms with Gasteiger partial charge in [0.05, 0.1) is 18.2 Å². The fourth-order valence-electron chi connectivity index (χ4n) is 4.32. The van der Waals surface area contributed by atoms with Crippen LogP contribution < -0.4 is 15.5 Å². The lowest BCUT2D eigenvalue weighted by molar-refractivity contribution is 0.0211. The number of hydrogen-bond donors (Lipinski definition) is 4. The highest BCUT2D eigenvalue weighted by Crippen LogP contribution is 2.34. The zero-order valence-electron chi connectivity index (χ0n) is 18.5. The van der Waals surface area contributed by atoms with E-state index in [0.29, 0.717) is 17.4 Å². The number of aliphatic hydroxyl groups is 3. The average Bonchev–Trinajstić information content (AvgIpc) is 3.34. The molecule has 8 nitrogen and oxygen atoms in total. The molecule has 7 atom stereocenters. The number of nitrogens with zero attached hydrogens (tertiary/aromatic N) is 3. The first-order valence-electron chi connectivity index (χ1n) is 11.1. The molecule has 1 aromatic carbocycles. The standard InChI is InChI=1S/C23H31N4O4PS/c1-3-27(22-13(2)21(24-12-25-22)26-14-7-6-8-15(14)28)23-20(30)19(29)16(31-23)11-33-18-10-5-4-9-17(18)32/h3-5,9-10,12,14-16,19-20,23,28-30H,1,6-8,11,32H2,2H3,(H,24,25,26). The van der Waals surface area contributed by atoms with Gasteiger partial charge in [0, 0.05) is 22.4 Å². The van der Waals surface area contributed by atoms with Crippen molar-refractivity contribution in [1.82, 2.24) is 9.97 Å². The highest BCUT2D eigenvalue weighted by Gasteiger charge is 2.45. The molecular formula is C23H31N4O4PS. The van der Waals surface area contributed by atoms with Crippen molar-refractivity contribution < 1.29 is 20.1 Å². The lowest BCUT2D eigenvalue weighted by atomic mass is 10.1. The molecule has 2 aromatic rings. The van der Waals surface area contributed by atoms with Gasteiger partial charge >= 0.3 is 0 Å². The summed E-state index contributed by atoms with van der Waals surface area (Å²) in [6, 6.07) is 7.89. The maximum absolute atomic E-state index is 10.8. The second-order valence-electron chi connectivity index (χ2n) is 8.40. The molecule has 1 aromatic heterocycles. The quantitative estimate of drug-likeness (QED) is 0.325. The molecule has 0 amide bonds. The minimum atomic E-state index is -1.14. The molecule has 33 heavy (non-hydrogen) atoms. The molecule has 2 heterocycles. The number of thioether (sulfide) groups is 1. The van der Waals surface area contributed by atoms with Gasteiger partial charge in [0.25, 0.3) is 0 Å². The fraction of sp³-hybridized carbons (Fsp3) is 0.478. The molecule has 7 unspecified atom stereocenters. The van der Waals surface area contributed by atoms with Crippen molar-refractivity contribution in [1.29, 1.82) is 0 Å². The number of rotatable bonds is 8. The Kier molecular flexibility index (Phi) is 7.89. The average molecular weight is 491 g/mol. The first kappa shape index (κ1) is 24.4. The van der Waals surface area contributed by atoms with Gasteiger partial charge in [0.15, 0.2) is 6.23 Å². The van der Waals surface area contributed by atoms with Crippen molar-refractivity contribution >= 4 is 37.9 Å². The molecule has 178 valence electrons. The molecule has 2 fully saturated rings. The predicted octanol–water partition coefficient (Wildman–Crippen LogP) is 1.80. The Morgan fingerprint density at radius 1 is 1.24 bits per heavy atom. The van der Waals surface area contributed by atoms with Crippen LogP contribution in [0.2, 0.25) is 0 Å². The molecule has 1 aliphatic carbocycles. The summed E-state index contributed by atoms with van der Waals surface area (Å²) in [6.45, 7) is 5.75. The van der Waals surface area contributed by atoms with E-state index >= 15 is 0 Å². The van der Waals surface area contributed by atoms with Crippen LogP contribution in [0.3, 0.4) is 0 Å². The van der Waals surface area contributed by atoms with E-state index in [0.717, 1.165) is 35.0 Å². The molecule has 0 spiro atoms. The molecule has 1 aliphatic heterocycles. The molecule has 1 saturated carbocycles. The van der Waals surface area contributed by atoms with Crippen LogP contribution in [0.1, 0.15) is 24.8 Å². The zero-order valence-corrected chi connectivity index (χ0v) is 20.5. The summed E-state index contributed by atoms with van der Waals surface area (Å²) in [5.74, 6) is 1.63. The van der Waals surface area contributed by atoms with Crippen LogP contribution in [0.15, 0.2) is 48.3 Å². The topological polar surface area (TPSA) is 111 Å². The lowest BCUT2D eigenvalue weighted by Gasteiger charge is -2.30. The second-order valence-corrected chi connectivity index (χ2v) is 10.1. The Bertz CT molecular complexity index is 983. The van der Waals surface area contributed by atoms with Crippen LogP contribution in [-0.4, -0.2) is 67.7 Å². The van der Waals surface area contributed by atoms with Gasteiger partial charge in [-0.25, -0.2) is 9.97 Å². The SMILES string of the molecule is C=CN(c1ncnc(NC2CCCC2O)c1C)C1OC(CSc2ccccc2P)C(O)C1O. The Balaban J connectivity index is 1.49. The number of hydrogen-bond acceptors (Lipinski definition) is 9. The van der Waals surface area contributed by atoms with E-state index in [1.807, 2.05) is 31.2 Å². The second kappa shape index (κ2) is 10.7. The van der Waals surface area contributed by atoms with E-state index in [4.69, 9.17) is 4.74 Å². The zero-order chi connectivity index (χ0) is 23.5. The molecular weight excluding hydrogens is 459 g/mol. The van der Waals surface area contributed by atoms with Gasteiger partial charge in [-0.2, -0.15) is 0 Å². The third-order valence-electron chi connectivity index (χ3n) is 6.23. The van der Waals surface area contributed by atoms with E-state index in [1.165, 1.54) is 12.5 Å². The fourth-order valence-corrected chi connectivity index (χ4v) is 5.81. The summed E-state index contributed by atoms with van der Waals surface area (Å²) >= 11 is 1.57. The van der Waals surface area contributed by atoms with Gasteiger partial charge < -0.3 is 30.3 Å². The summed E-state index contributed by atoms with van der Waals surface area (Å²) in [4.78, 5) is 11.5. The third kappa shape index (κ3) is 5.19. The largest absolute Gasteiger partial charge is 0.391 e. The molecule has 0 radical (unpaired) electrons. The predicted molar refractivity (Wildman–Crippen MR) is 134 cm³/mol. The van der Waals surface area contributed by atoms with Crippen LogP contribution in [0, 0.1) is 6.92 Å². The van der Waals surface area contributed by atoms with Crippen molar-refractivity contribution in [3.05, 3.63) is 48.9 Å². The summed E-state index contributed by atoms with van der Waals surface area (Å²) in [7, 11) is 2.70. The molecule has 0 bridgehead atoms. The summed E-state index contributed by atoms with van der Waals surface area (Å²) < 4.78 is 6.11. The van der Waals surface area contributed by atoms with Crippen LogP contribution >= 0.6 is 21.0 Å². The number of aliphatic hydroxyl groups excluding tert-OH is 3. The smallest absolute Gasteiger partial charge is 0.164 e. The summed E-state index contributed by atoms with van der Waals surface area (Å²) in [6.07, 6.45) is 1.60. The van der Waals surface area contributed by atoms with Crippen LogP contribution in [0.5, 0.6) is 0 Å². The van der Waals surface area contributed by atoms with Gasteiger partial charge in [-0.15, -0.1) is 21.0 Å². The Morgan fingerprint density at radius 3 is 2.73 bits per heavy atom. The monoisotopic (exact) mass is 490 g/mol. The van der Waals surface area contributed by atoms with E-state index in [2.05, 4.69) is 31.1 Å². The van der Waals surface area contributed by atoms with Crippen molar-refractivity contribution in [2.45, 2.75) is 67.8 Å². The Labute approximate surface area is 200 Å². The first-order valence-corrected chi connectivity index (χ1v) is 12.6. The number of anilines is 2. The van der Waals surface area contributed by atoms with Gasteiger partial charge in [-0.1, -0.05) is 24.8 Å². The normalized spacial score (nSPS) is 29.2. The van der Waals surface area contributed by atoms with Crippen molar-refractivity contribution in [2.75, 3.05) is 16.0 Å². The van der Waals surface area contributed by atoms with Crippen molar-refractivity contribution in [3.8, 4) is 0 Å². The summed E-state index contributed by atoms with van der Waals surface area (Å²) in [5.41, 5.74) is 0.747. The molecule has 4 N–H and O–H groups in total. The van der Waals surface area contributed by atoms with E-state index in [1.54, 1.807) is 16.7 Å². The number of nitrogens with one attached hydrogen (secondary N) is 1. The molecule has 4 rings (SSSR count). The maximum atomic E-state index is 10.8. The maximum Gasteiger partial charge on any atom is 0.164 e. The third-order valence-corrected chi connectivity index (χ3v) is 8.12. The van der Waals surface area contributed by atoms with Gasteiger partial charge in [0.1, 0.15) is 30.2 Å². The van der Waals surface area contributed by atoms with Crippen LogP contribution in [0.25, 0.3) is 0 Å². The molecule has 2 aliphatic rings. The first-order chi connectivity index (χ1) is 15.9. The van der Waals surface area contributed by atoms with Gasteiger partial charge in [-0.05, 0) is 37.6 Å². The van der Waals surface area contributed by atoms with Crippen molar-refractivity contribution in [2.24, 2.45) is 0 Å². The van der Waals surface area contributed by atoms with E-state index in [-0.39, 0.29) is 6.04 Å². The molecule has 1 saturated heterocycles. The Morgan fingerprint density at radius 2 is 2.03 bits per heavy atom. The van der Waals surface area contributed by atoms with Crippen molar-refractivity contribution in [3.63, 3.8) is 0 Å². The minimum Gasteiger partial charge on any atom is -0.391 e. The Hall–Kier alpha value is -1.74. The van der Waals surface area contributed by atoms with Gasteiger partial charge in [-0.3, -0.25) is 0 Å². The minimum absolute atomic E-state index is 0.0558. The highest BCUT2D eigenvalue weighted by atomic mass is 32.2. The number of benzene rings is 1.